The highest BCUT2D eigenvalue weighted by molar-refractivity contribution is 7.17. The number of aryl methyl sites for hydroxylation is 1. The third-order valence-corrected chi connectivity index (χ3v) is 4.62. The molecule has 1 aromatic carbocycles. The van der Waals surface area contributed by atoms with Gasteiger partial charge in [-0.1, -0.05) is 47.2 Å². The topological polar surface area (TPSA) is 59.8 Å². The summed E-state index contributed by atoms with van der Waals surface area (Å²) in [6.07, 6.45) is 3.69. The summed E-state index contributed by atoms with van der Waals surface area (Å²) >= 11 is 7.02. The van der Waals surface area contributed by atoms with E-state index in [1.54, 1.807) is 13.1 Å². The molecule has 0 radical (unpaired) electrons. The molecule has 0 atom stereocenters. The lowest BCUT2D eigenvalue weighted by Crippen LogP contribution is -2.22. The second-order valence-corrected chi connectivity index (χ2v) is 6.67. The Kier molecular flexibility index (Phi) is 4.73. The second kappa shape index (κ2) is 6.93. The van der Waals surface area contributed by atoms with Crippen LogP contribution in [0.25, 0.3) is 0 Å². The van der Waals surface area contributed by atoms with Crippen LogP contribution in [0.4, 0.5) is 0 Å². The number of amides is 1. The first-order valence-corrected chi connectivity index (χ1v) is 8.27. The molecule has 0 saturated heterocycles. The number of benzene rings is 1. The molecule has 3 aromatic rings. The SMILES string of the molecule is Cc1nc(Cl)sc1C(=O)NCc1ccc(Cn2cccn2)cc1. The van der Waals surface area contributed by atoms with Crippen molar-refractivity contribution in [2.24, 2.45) is 0 Å². The van der Waals surface area contributed by atoms with Gasteiger partial charge in [-0.25, -0.2) is 4.98 Å². The van der Waals surface area contributed by atoms with Crippen molar-refractivity contribution in [2.75, 3.05) is 0 Å². The number of aromatic nitrogens is 3. The molecule has 0 saturated carbocycles. The first kappa shape index (κ1) is 15.7. The smallest absolute Gasteiger partial charge is 0.263 e. The van der Waals surface area contributed by atoms with Crippen LogP contribution in [0.15, 0.2) is 42.7 Å². The second-order valence-electron chi connectivity index (χ2n) is 5.08. The molecule has 5 nitrogen and oxygen atoms in total. The summed E-state index contributed by atoms with van der Waals surface area (Å²) in [5, 5.41) is 7.07. The quantitative estimate of drug-likeness (QED) is 0.771. The molecule has 0 aliphatic rings. The minimum absolute atomic E-state index is 0.146. The van der Waals surface area contributed by atoms with Crippen LogP contribution in [-0.2, 0) is 13.1 Å². The molecular formula is C16H15ClN4OS. The highest BCUT2D eigenvalue weighted by atomic mass is 35.5. The van der Waals surface area contributed by atoms with Crippen molar-refractivity contribution in [1.29, 1.82) is 0 Å². The summed E-state index contributed by atoms with van der Waals surface area (Å²) < 4.78 is 2.25. The molecule has 2 heterocycles. The molecule has 0 fully saturated rings. The monoisotopic (exact) mass is 346 g/mol. The molecule has 0 aliphatic carbocycles. The Balaban J connectivity index is 1.58. The number of rotatable bonds is 5. The lowest BCUT2D eigenvalue weighted by atomic mass is 10.1. The zero-order valence-corrected chi connectivity index (χ0v) is 14.1. The molecule has 0 unspecified atom stereocenters. The van der Waals surface area contributed by atoms with Crippen LogP contribution in [0.5, 0.6) is 0 Å². The standard InChI is InChI=1S/C16H15ClN4OS/c1-11-14(23-16(17)20-11)15(22)18-9-12-3-5-13(6-4-12)10-21-8-2-7-19-21/h2-8H,9-10H2,1H3,(H,18,22). The zero-order chi connectivity index (χ0) is 16.2. The molecule has 2 aromatic heterocycles. The molecule has 23 heavy (non-hydrogen) atoms. The highest BCUT2D eigenvalue weighted by Crippen LogP contribution is 2.22. The fourth-order valence-electron chi connectivity index (χ4n) is 2.18. The number of nitrogens with one attached hydrogen (secondary N) is 1. The Hall–Kier alpha value is -2.18. The van der Waals surface area contributed by atoms with Gasteiger partial charge in [0.1, 0.15) is 4.88 Å². The van der Waals surface area contributed by atoms with E-state index in [9.17, 15) is 4.79 Å². The van der Waals surface area contributed by atoms with Crippen molar-refractivity contribution >= 4 is 28.8 Å². The number of hydrogen-bond donors (Lipinski definition) is 1. The highest BCUT2D eigenvalue weighted by Gasteiger charge is 2.13. The van der Waals surface area contributed by atoms with E-state index in [-0.39, 0.29) is 5.91 Å². The van der Waals surface area contributed by atoms with Gasteiger partial charge in [-0.05, 0) is 24.1 Å². The predicted octanol–water partition coefficient (Wildman–Crippen LogP) is 3.28. The van der Waals surface area contributed by atoms with Crippen molar-refractivity contribution in [3.8, 4) is 0 Å². The van der Waals surface area contributed by atoms with E-state index in [4.69, 9.17) is 11.6 Å². The first-order valence-electron chi connectivity index (χ1n) is 7.08. The Bertz CT molecular complexity index is 796. The van der Waals surface area contributed by atoms with Crippen LogP contribution in [0.3, 0.4) is 0 Å². The van der Waals surface area contributed by atoms with Crippen LogP contribution < -0.4 is 5.32 Å². The van der Waals surface area contributed by atoms with Gasteiger partial charge in [0, 0.05) is 18.9 Å². The number of carbonyl (C=O) groups is 1. The minimum Gasteiger partial charge on any atom is -0.347 e. The van der Waals surface area contributed by atoms with E-state index in [1.807, 2.05) is 41.2 Å². The van der Waals surface area contributed by atoms with Gasteiger partial charge in [-0.3, -0.25) is 9.48 Å². The van der Waals surface area contributed by atoms with E-state index in [0.717, 1.165) is 17.7 Å². The predicted molar refractivity (Wildman–Crippen MR) is 90.8 cm³/mol. The van der Waals surface area contributed by atoms with E-state index < -0.39 is 0 Å². The van der Waals surface area contributed by atoms with E-state index in [0.29, 0.717) is 21.6 Å². The lowest BCUT2D eigenvalue weighted by Gasteiger charge is -2.06. The molecule has 0 bridgehead atoms. The summed E-state index contributed by atoms with van der Waals surface area (Å²) in [5.74, 6) is -0.146. The molecule has 0 aliphatic heterocycles. The third kappa shape index (κ3) is 3.97. The van der Waals surface area contributed by atoms with Crippen molar-refractivity contribution in [2.45, 2.75) is 20.0 Å². The molecule has 3 rings (SSSR count). The molecule has 7 heteroatoms. The number of thiazole rings is 1. The van der Waals surface area contributed by atoms with Gasteiger partial charge in [-0.2, -0.15) is 5.10 Å². The third-order valence-electron chi connectivity index (χ3n) is 3.36. The summed E-state index contributed by atoms with van der Waals surface area (Å²) in [4.78, 5) is 16.7. The van der Waals surface area contributed by atoms with Crippen LogP contribution in [-0.4, -0.2) is 20.7 Å². The van der Waals surface area contributed by atoms with Crippen molar-refractivity contribution < 1.29 is 4.79 Å². The number of halogens is 1. The Morgan fingerprint density at radius 2 is 2.04 bits per heavy atom. The fourth-order valence-corrected chi connectivity index (χ4v) is 3.25. The zero-order valence-electron chi connectivity index (χ0n) is 12.5. The number of nitrogens with zero attached hydrogens (tertiary/aromatic N) is 3. The Labute approximate surface area is 142 Å². The summed E-state index contributed by atoms with van der Waals surface area (Å²) in [6, 6.07) is 9.99. The Morgan fingerprint density at radius 1 is 1.30 bits per heavy atom. The molecule has 118 valence electrons. The van der Waals surface area contributed by atoms with E-state index in [1.165, 1.54) is 11.3 Å². The maximum Gasteiger partial charge on any atom is 0.263 e. The Morgan fingerprint density at radius 3 is 2.65 bits per heavy atom. The fraction of sp³-hybridized carbons (Fsp3) is 0.188. The largest absolute Gasteiger partial charge is 0.347 e. The first-order chi connectivity index (χ1) is 11.1. The van der Waals surface area contributed by atoms with Crippen molar-refractivity contribution in [3.63, 3.8) is 0 Å². The van der Waals surface area contributed by atoms with Gasteiger partial charge < -0.3 is 5.32 Å². The van der Waals surface area contributed by atoms with Crippen molar-refractivity contribution in [1.82, 2.24) is 20.1 Å². The molecule has 1 amide bonds. The minimum atomic E-state index is -0.146. The maximum atomic E-state index is 12.1. The van der Waals surface area contributed by atoms with Crippen molar-refractivity contribution in [3.05, 3.63) is 68.9 Å². The van der Waals surface area contributed by atoms with Crippen LogP contribution in [0.1, 0.15) is 26.5 Å². The van der Waals surface area contributed by atoms with Gasteiger partial charge in [-0.15, -0.1) is 0 Å². The average Bonchev–Trinajstić information content (AvgIpc) is 3.15. The van der Waals surface area contributed by atoms with E-state index in [2.05, 4.69) is 15.4 Å². The average molecular weight is 347 g/mol. The lowest BCUT2D eigenvalue weighted by molar-refractivity contribution is 0.0954. The number of hydrogen-bond acceptors (Lipinski definition) is 4. The summed E-state index contributed by atoms with van der Waals surface area (Å²) in [7, 11) is 0. The van der Waals surface area contributed by atoms with Crippen LogP contribution in [0, 0.1) is 6.92 Å². The normalized spacial score (nSPS) is 10.7. The molecule has 0 spiro atoms. The van der Waals surface area contributed by atoms with Gasteiger partial charge in [0.15, 0.2) is 4.47 Å². The van der Waals surface area contributed by atoms with Gasteiger partial charge in [0.25, 0.3) is 5.91 Å². The van der Waals surface area contributed by atoms with Gasteiger partial charge in [0.05, 0.1) is 12.2 Å². The maximum absolute atomic E-state index is 12.1. The van der Waals surface area contributed by atoms with Gasteiger partial charge >= 0.3 is 0 Å². The van der Waals surface area contributed by atoms with Crippen LogP contribution in [0.2, 0.25) is 4.47 Å². The summed E-state index contributed by atoms with van der Waals surface area (Å²) in [6.45, 7) is 2.98. The van der Waals surface area contributed by atoms with Crippen LogP contribution >= 0.6 is 22.9 Å². The van der Waals surface area contributed by atoms with E-state index >= 15 is 0 Å². The number of carbonyl (C=O) groups excluding carboxylic acids is 1. The van der Waals surface area contributed by atoms with Gasteiger partial charge in [0.2, 0.25) is 0 Å². The molecule has 1 N–H and O–H groups in total. The molecular weight excluding hydrogens is 332 g/mol. The summed E-state index contributed by atoms with van der Waals surface area (Å²) in [5.41, 5.74) is 2.86.